The van der Waals surface area contributed by atoms with Crippen LogP contribution in [0.1, 0.15) is 79.9 Å². The second-order valence-corrected chi connectivity index (χ2v) is 14.0. The first-order valence-corrected chi connectivity index (χ1v) is 17.1. The van der Waals surface area contributed by atoms with Crippen molar-refractivity contribution in [3.8, 4) is 5.75 Å². The molecule has 0 radical (unpaired) electrons. The van der Waals surface area contributed by atoms with Gasteiger partial charge >= 0.3 is 12.1 Å². The number of carboxylic acids is 1. The number of carbonyl (C=O) groups is 2. The standard InChI is InChI=1S/C36H45F4N3O5/c1-48-29-9-2-24(3-10-29)31-21-43(27-5-7-28(44)8-6-27)22-35(31,37)34(47)42-18-12-23(13-19-42)30-11-4-26(36(38,39)40)20-32(30)41-16-14-25(15-17-41)33(45)46/h2-4,9-11,20,23,25,27-28,31,44H,5-8,12-19,21-22H2,1H3,(H,45,46)/t27?,28?,31-,35-/m0/s1. The molecule has 0 unspecified atom stereocenters. The van der Waals surface area contributed by atoms with Crippen molar-refractivity contribution in [2.75, 3.05) is 51.3 Å². The summed E-state index contributed by atoms with van der Waals surface area (Å²) < 4.78 is 64.0. The first-order chi connectivity index (χ1) is 22.9. The molecule has 12 heteroatoms. The summed E-state index contributed by atoms with van der Waals surface area (Å²) in [5.74, 6) is -2.14. The highest BCUT2D eigenvalue weighted by Crippen LogP contribution is 2.45. The minimum absolute atomic E-state index is 0.0292. The molecule has 1 aliphatic carbocycles. The van der Waals surface area contributed by atoms with E-state index >= 15 is 4.39 Å². The Balaban J connectivity index is 1.20. The van der Waals surface area contributed by atoms with Crippen LogP contribution in [0.2, 0.25) is 0 Å². The molecule has 2 N–H and O–H groups in total. The molecule has 3 heterocycles. The second kappa shape index (κ2) is 13.9. The Bertz CT molecular complexity index is 1450. The van der Waals surface area contributed by atoms with Crippen LogP contribution in [0.5, 0.6) is 5.75 Å². The molecule has 0 bridgehead atoms. The Kier molecular flexibility index (Phi) is 9.95. The third-order valence-corrected chi connectivity index (χ3v) is 11.2. The third-order valence-electron chi connectivity index (χ3n) is 11.2. The molecule has 1 saturated carbocycles. The van der Waals surface area contributed by atoms with Crippen molar-refractivity contribution in [1.29, 1.82) is 0 Å². The van der Waals surface area contributed by atoms with Crippen molar-refractivity contribution in [2.45, 2.75) is 87.2 Å². The number of likely N-dealkylation sites (tertiary alicyclic amines) is 2. The number of aliphatic hydroxyl groups excluding tert-OH is 1. The van der Waals surface area contributed by atoms with Crippen LogP contribution < -0.4 is 9.64 Å². The molecule has 2 aromatic rings. The fourth-order valence-electron chi connectivity index (χ4n) is 8.34. The van der Waals surface area contributed by atoms with Gasteiger partial charge in [0.25, 0.3) is 5.91 Å². The maximum absolute atomic E-state index is 17.4. The molecular weight excluding hydrogens is 630 g/mol. The van der Waals surface area contributed by atoms with Crippen LogP contribution in [0.4, 0.5) is 23.2 Å². The Labute approximate surface area is 278 Å². The number of carboxylic acid groups (broad SMARTS) is 1. The van der Waals surface area contributed by atoms with Gasteiger partial charge in [0.1, 0.15) is 5.75 Å². The average molecular weight is 676 g/mol. The fraction of sp³-hybridized carbons (Fsp3) is 0.611. The first-order valence-electron chi connectivity index (χ1n) is 17.1. The average Bonchev–Trinajstić information content (AvgIpc) is 3.46. The smallest absolute Gasteiger partial charge is 0.416 e. The van der Waals surface area contributed by atoms with Gasteiger partial charge in [0.05, 0.1) is 24.7 Å². The van der Waals surface area contributed by atoms with Crippen molar-refractivity contribution < 1.29 is 42.1 Å². The van der Waals surface area contributed by atoms with Crippen LogP contribution in [-0.4, -0.2) is 96.1 Å². The van der Waals surface area contributed by atoms with Crippen LogP contribution in [-0.2, 0) is 15.8 Å². The highest BCUT2D eigenvalue weighted by atomic mass is 19.4. The maximum Gasteiger partial charge on any atom is 0.416 e. The number of aliphatic carboxylic acids is 1. The molecule has 8 nitrogen and oxygen atoms in total. The number of hydrogen-bond acceptors (Lipinski definition) is 6. The summed E-state index contributed by atoms with van der Waals surface area (Å²) in [5, 5.41) is 19.5. The van der Waals surface area contributed by atoms with Crippen molar-refractivity contribution in [3.05, 3.63) is 59.2 Å². The molecule has 48 heavy (non-hydrogen) atoms. The van der Waals surface area contributed by atoms with Gasteiger partial charge in [-0.3, -0.25) is 14.5 Å². The van der Waals surface area contributed by atoms with Crippen LogP contribution in [0, 0.1) is 5.92 Å². The van der Waals surface area contributed by atoms with Crippen LogP contribution >= 0.6 is 0 Å². The van der Waals surface area contributed by atoms with E-state index in [0.717, 1.165) is 30.0 Å². The van der Waals surface area contributed by atoms with Crippen molar-refractivity contribution >= 4 is 17.6 Å². The summed E-state index contributed by atoms with van der Waals surface area (Å²) in [7, 11) is 1.56. The summed E-state index contributed by atoms with van der Waals surface area (Å²) >= 11 is 0. The number of ether oxygens (including phenoxy) is 1. The van der Waals surface area contributed by atoms with Gasteiger partial charge in [-0.15, -0.1) is 0 Å². The molecule has 2 aromatic carbocycles. The van der Waals surface area contributed by atoms with E-state index in [1.54, 1.807) is 24.1 Å². The van der Waals surface area contributed by atoms with E-state index in [2.05, 4.69) is 4.90 Å². The number of aliphatic hydroxyl groups is 1. The van der Waals surface area contributed by atoms with Gasteiger partial charge in [0.15, 0.2) is 0 Å². The SMILES string of the molecule is COc1ccc([C@@H]2CN(C3CCC(O)CC3)C[C@@]2(F)C(=O)N2CCC(c3ccc(C(F)(F)F)cc3N3CCC(C(=O)O)CC3)CC2)cc1. The Morgan fingerprint density at radius 1 is 0.896 bits per heavy atom. The van der Waals surface area contributed by atoms with Crippen LogP contribution in [0.25, 0.3) is 0 Å². The van der Waals surface area contributed by atoms with E-state index in [4.69, 9.17) is 4.74 Å². The van der Waals surface area contributed by atoms with Crippen molar-refractivity contribution in [1.82, 2.24) is 9.80 Å². The Morgan fingerprint density at radius 2 is 1.54 bits per heavy atom. The summed E-state index contributed by atoms with van der Waals surface area (Å²) in [6.07, 6.45) is -0.421. The number of benzene rings is 2. The van der Waals surface area contributed by atoms with E-state index in [9.17, 15) is 33.0 Å². The molecule has 2 atom stereocenters. The molecule has 4 aliphatic rings. The lowest BCUT2D eigenvalue weighted by atomic mass is 9.83. The number of alkyl halides is 4. The van der Waals surface area contributed by atoms with Crippen molar-refractivity contribution in [2.24, 2.45) is 5.92 Å². The highest BCUT2D eigenvalue weighted by Gasteiger charge is 2.56. The number of rotatable bonds is 7. The molecule has 262 valence electrons. The molecule has 3 aliphatic heterocycles. The second-order valence-electron chi connectivity index (χ2n) is 14.0. The Morgan fingerprint density at radius 3 is 2.12 bits per heavy atom. The highest BCUT2D eigenvalue weighted by molar-refractivity contribution is 5.87. The molecule has 0 aromatic heterocycles. The molecule has 1 amide bonds. The predicted molar refractivity (Wildman–Crippen MR) is 172 cm³/mol. The zero-order chi connectivity index (χ0) is 34.2. The van der Waals surface area contributed by atoms with E-state index in [0.29, 0.717) is 69.6 Å². The van der Waals surface area contributed by atoms with E-state index < -0.39 is 41.1 Å². The van der Waals surface area contributed by atoms with E-state index in [-0.39, 0.29) is 37.7 Å². The summed E-state index contributed by atoms with van der Waals surface area (Å²) in [5.41, 5.74) is -0.978. The third kappa shape index (κ3) is 7.01. The number of carbonyl (C=O) groups excluding carboxylic acids is 1. The van der Waals surface area contributed by atoms with Gasteiger partial charge < -0.3 is 24.7 Å². The number of amides is 1. The minimum atomic E-state index is -4.52. The molecular formula is C36H45F4N3O5. The number of piperidine rings is 2. The summed E-state index contributed by atoms with van der Waals surface area (Å²) in [6, 6.07) is 11.1. The number of methoxy groups -OCH3 is 1. The fourth-order valence-corrected chi connectivity index (χ4v) is 8.34. The summed E-state index contributed by atoms with van der Waals surface area (Å²) in [6.45, 7) is 1.60. The normalized spacial score (nSPS) is 28.1. The van der Waals surface area contributed by atoms with Gasteiger partial charge in [-0.05, 0) is 92.7 Å². The number of hydrogen-bond donors (Lipinski definition) is 2. The lowest BCUT2D eigenvalue weighted by molar-refractivity contribution is -0.145. The Hall–Kier alpha value is -3.38. The van der Waals surface area contributed by atoms with Gasteiger partial charge in [0, 0.05) is 56.9 Å². The van der Waals surface area contributed by atoms with Gasteiger partial charge in [-0.1, -0.05) is 18.2 Å². The molecule has 3 saturated heterocycles. The zero-order valence-electron chi connectivity index (χ0n) is 27.3. The largest absolute Gasteiger partial charge is 0.497 e. The summed E-state index contributed by atoms with van der Waals surface area (Å²) in [4.78, 5) is 31.2. The first kappa shape index (κ1) is 34.5. The van der Waals surface area contributed by atoms with Crippen LogP contribution in [0.3, 0.4) is 0 Å². The van der Waals surface area contributed by atoms with Gasteiger partial charge in [-0.2, -0.15) is 13.2 Å². The number of anilines is 1. The van der Waals surface area contributed by atoms with Crippen LogP contribution in [0.15, 0.2) is 42.5 Å². The quantitative estimate of drug-likeness (QED) is 0.357. The number of halogens is 4. The molecule has 4 fully saturated rings. The van der Waals surface area contributed by atoms with E-state index in [1.165, 1.54) is 12.1 Å². The number of nitrogens with zero attached hydrogens (tertiary/aromatic N) is 3. The maximum atomic E-state index is 17.4. The van der Waals surface area contributed by atoms with E-state index in [1.807, 2.05) is 17.0 Å². The lowest BCUT2D eigenvalue weighted by Gasteiger charge is -2.39. The van der Waals surface area contributed by atoms with Crippen molar-refractivity contribution in [3.63, 3.8) is 0 Å². The van der Waals surface area contributed by atoms with Gasteiger partial charge in [-0.25, -0.2) is 4.39 Å². The molecule has 6 rings (SSSR count). The van der Waals surface area contributed by atoms with Gasteiger partial charge in [0.2, 0.25) is 5.67 Å². The molecule has 0 spiro atoms. The topological polar surface area (TPSA) is 93.6 Å². The monoisotopic (exact) mass is 675 g/mol. The lowest BCUT2D eigenvalue weighted by Crippen LogP contribution is -2.53. The predicted octanol–water partition coefficient (Wildman–Crippen LogP) is 5.83. The minimum Gasteiger partial charge on any atom is -0.497 e. The zero-order valence-corrected chi connectivity index (χ0v) is 27.3.